The molecule has 0 saturated carbocycles. The van der Waals surface area contributed by atoms with Gasteiger partial charge in [-0.1, -0.05) is 0 Å². The molecule has 8 nitrogen and oxygen atoms in total. The summed E-state index contributed by atoms with van der Waals surface area (Å²) in [5.41, 5.74) is 7.73. The third-order valence-corrected chi connectivity index (χ3v) is 7.00. The molecule has 2 fully saturated rings. The molecular weight excluding hydrogens is 447 g/mol. The number of aryl methyl sites for hydroxylation is 2. The summed E-state index contributed by atoms with van der Waals surface area (Å²) in [6.07, 6.45) is 4.64. The van der Waals surface area contributed by atoms with Gasteiger partial charge in [-0.25, -0.2) is 0 Å². The van der Waals surface area contributed by atoms with Gasteiger partial charge in [0.05, 0.1) is 0 Å². The Morgan fingerprint density at radius 1 is 0.806 bits per heavy atom. The van der Waals surface area contributed by atoms with Gasteiger partial charge in [-0.2, -0.15) is 0 Å². The van der Waals surface area contributed by atoms with E-state index in [2.05, 4.69) is 11.0 Å². The Balaban J connectivity index is 1.25. The Kier molecular flexibility index (Phi) is 6.60. The van der Waals surface area contributed by atoms with E-state index in [-0.39, 0.29) is 11.5 Å². The molecule has 2 aliphatic rings. The summed E-state index contributed by atoms with van der Waals surface area (Å²) < 4.78 is 9.53. The Hall–Kier alpha value is -2.03. The molecule has 31 heavy (non-hydrogen) atoms. The first-order valence-corrected chi connectivity index (χ1v) is 11.2. The number of nitrogens with one attached hydrogen (secondary N) is 2. The van der Waals surface area contributed by atoms with Crippen molar-refractivity contribution in [1.29, 1.82) is 0 Å². The second kappa shape index (κ2) is 9.22. The molecule has 2 aromatic carbocycles. The van der Waals surface area contributed by atoms with Crippen molar-refractivity contribution in [3.05, 3.63) is 47.5 Å². The van der Waals surface area contributed by atoms with Gasteiger partial charge < -0.3 is 0 Å². The van der Waals surface area contributed by atoms with E-state index in [4.69, 9.17) is 19.1 Å². The Morgan fingerprint density at radius 3 is 1.58 bits per heavy atom. The van der Waals surface area contributed by atoms with E-state index in [1.165, 1.54) is 14.4 Å². The summed E-state index contributed by atoms with van der Waals surface area (Å²) in [6, 6.07) is 10.5. The Bertz CT molecular complexity index is 843. The third-order valence-electron chi connectivity index (χ3n) is 5.31. The summed E-state index contributed by atoms with van der Waals surface area (Å²) in [5, 5.41) is 20.1. The fraction of sp³-hybridized carbons (Fsp3) is 0.455. The number of benzene rings is 2. The molecule has 2 heterocycles. The zero-order valence-electron chi connectivity index (χ0n) is 17.6. The predicted molar refractivity (Wildman–Crippen MR) is 109 cm³/mol. The summed E-state index contributed by atoms with van der Waals surface area (Å²) in [5.74, 6) is 2.02. The van der Waals surface area contributed by atoms with Crippen LogP contribution in [0.4, 0.5) is 0 Å². The molecule has 2 unspecified atom stereocenters. The van der Waals surface area contributed by atoms with Gasteiger partial charge >= 0.3 is 187 Å². The Labute approximate surface area is 187 Å². The van der Waals surface area contributed by atoms with Crippen molar-refractivity contribution in [2.75, 3.05) is 14.2 Å². The van der Waals surface area contributed by atoms with Crippen molar-refractivity contribution in [1.82, 2.24) is 11.0 Å². The first-order valence-electron chi connectivity index (χ1n) is 10.2. The summed E-state index contributed by atoms with van der Waals surface area (Å²) in [6.45, 7) is 0. The van der Waals surface area contributed by atoms with Crippen LogP contribution >= 0.6 is 0 Å². The third kappa shape index (κ3) is 5.61. The first kappa shape index (κ1) is 22.2. The standard InChI is InChI=1S/2C11H14NO3.Ni/c2*1-14-9-5-6-10(13)8(7-9)3-2-4-11-12-15-11;/h2*5-7,12-13H,2-4H2,1H3;. The van der Waals surface area contributed by atoms with Crippen molar-refractivity contribution >= 4 is 0 Å². The van der Waals surface area contributed by atoms with Crippen LogP contribution in [0.25, 0.3) is 0 Å². The van der Waals surface area contributed by atoms with Gasteiger partial charge in [0.25, 0.3) is 0 Å². The Morgan fingerprint density at radius 2 is 1.23 bits per heavy atom. The number of hydroxylamine groups is 2. The van der Waals surface area contributed by atoms with Gasteiger partial charge in [-0.15, -0.1) is 0 Å². The number of phenolic OH excluding ortho intramolecular Hbond substituents is 2. The molecule has 9 heteroatoms. The van der Waals surface area contributed by atoms with Crippen LogP contribution in [-0.2, 0) is 37.0 Å². The average molecular weight is 475 g/mol. The maximum atomic E-state index is 10.1. The number of ether oxygens (including phenoxy) is 2. The number of methoxy groups -OCH3 is 2. The molecule has 172 valence electrons. The van der Waals surface area contributed by atoms with Crippen molar-refractivity contribution in [2.24, 2.45) is 0 Å². The van der Waals surface area contributed by atoms with E-state index in [0.717, 1.165) is 61.2 Å². The van der Waals surface area contributed by atoms with Crippen molar-refractivity contribution in [2.45, 2.75) is 47.9 Å². The number of rotatable bonds is 12. The quantitative estimate of drug-likeness (QED) is 0.273. The first-order chi connectivity index (χ1) is 15.0. The molecule has 0 aliphatic carbocycles. The van der Waals surface area contributed by atoms with E-state index in [9.17, 15) is 10.2 Å². The zero-order chi connectivity index (χ0) is 21.9. The molecule has 0 bridgehead atoms. The minimum absolute atomic E-state index is 0.276. The monoisotopic (exact) mass is 474 g/mol. The number of hydrogen-bond acceptors (Lipinski definition) is 8. The summed E-state index contributed by atoms with van der Waals surface area (Å²) in [7, 11) is 3.23. The second-order valence-electron chi connectivity index (χ2n) is 7.54. The normalized spacial score (nSPS) is 24.2. The number of phenols is 2. The molecule has 2 aliphatic heterocycles. The molecule has 4 rings (SSSR count). The van der Waals surface area contributed by atoms with Gasteiger partial charge in [-0.3, -0.25) is 0 Å². The van der Waals surface area contributed by atoms with Crippen molar-refractivity contribution in [3.8, 4) is 23.0 Å². The van der Waals surface area contributed by atoms with E-state index in [0.29, 0.717) is 0 Å². The van der Waals surface area contributed by atoms with Gasteiger partial charge in [0.2, 0.25) is 0 Å². The summed E-state index contributed by atoms with van der Waals surface area (Å²) in [4.78, 5) is 11.1. The second-order valence-corrected chi connectivity index (χ2v) is 9.38. The van der Waals surface area contributed by atoms with Crippen LogP contribution in [0.1, 0.15) is 36.8 Å². The predicted octanol–water partition coefficient (Wildman–Crippen LogP) is 2.92. The van der Waals surface area contributed by atoms with Gasteiger partial charge in [-0.05, 0) is 0 Å². The van der Waals surface area contributed by atoms with Gasteiger partial charge in [0.1, 0.15) is 0 Å². The van der Waals surface area contributed by atoms with Crippen LogP contribution < -0.4 is 20.4 Å². The molecule has 2 atom stereocenters. The van der Waals surface area contributed by atoms with Crippen LogP contribution in [0.3, 0.4) is 0 Å². The fourth-order valence-corrected chi connectivity index (χ4v) is 4.97. The average Bonchev–Trinajstić information content (AvgIpc) is 3.70. The van der Waals surface area contributed by atoms with E-state index >= 15 is 0 Å². The van der Waals surface area contributed by atoms with Crippen LogP contribution in [0.5, 0.6) is 23.0 Å². The molecule has 0 spiro atoms. The van der Waals surface area contributed by atoms with Crippen molar-refractivity contribution in [3.63, 3.8) is 0 Å². The van der Waals surface area contributed by atoms with Gasteiger partial charge in [0, 0.05) is 0 Å². The fourth-order valence-electron chi connectivity index (χ4n) is 3.43. The molecule has 0 radical (unpaired) electrons. The number of hydrogen-bond donors (Lipinski definition) is 4. The topological polar surface area (TPSA) is 128 Å². The molecule has 0 amide bonds. The van der Waals surface area contributed by atoms with E-state index in [1.807, 2.05) is 12.1 Å². The van der Waals surface area contributed by atoms with Crippen LogP contribution in [0.2, 0.25) is 0 Å². The molecule has 2 saturated heterocycles. The number of aromatic hydroxyl groups is 2. The molecular formula is C22H28N2NiO6. The van der Waals surface area contributed by atoms with Crippen LogP contribution in [-0.4, -0.2) is 33.8 Å². The zero-order valence-corrected chi connectivity index (χ0v) is 18.5. The van der Waals surface area contributed by atoms with Crippen molar-refractivity contribution < 1.29 is 43.8 Å². The molecule has 2 aromatic rings. The van der Waals surface area contributed by atoms with E-state index in [1.54, 1.807) is 38.5 Å². The SMILES string of the molecule is COc1ccc(O)c(CCC[C]2([Ni][C]3(CCCc4cc(OC)ccc4O)NO3)NO2)c1. The minimum atomic E-state index is -0.469. The maximum absolute atomic E-state index is 10.1. The molecule has 4 N–H and O–H groups in total. The van der Waals surface area contributed by atoms with Crippen LogP contribution in [0, 0.1) is 0 Å². The summed E-state index contributed by atoms with van der Waals surface area (Å²) >= 11 is 1.36. The molecule has 0 aromatic heterocycles. The van der Waals surface area contributed by atoms with Gasteiger partial charge in [0.15, 0.2) is 0 Å². The van der Waals surface area contributed by atoms with Crippen LogP contribution in [0.15, 0.2) is 36.4 Å². The van der Waals surface area contributed by atoms with E-state index < -0.39 is 9.39 Å².